The van der Waals surface area contributed by atoms with Crippen molar-refractivity contribution in [3.8, 4) is 28.9 Å². The summed E-state index contributed by atoms with van der Waals surface area (Å²) in [6.07, 6.45) is 2.82. The number of aromatic nitrogens is 4. The minimum absolute atomic E-state index is 0.221. The molecule has 0 saturated heterocycles. The second-order valence-corrected chi connectivity index (χ2v) is 10.9. The van der Waals surface area contributed by atoms with Crippen LogP contribution in [-0.2, 0) is 9.59 Å². The van der Waals surface area contributed by atoms with Crippen molar-refractivity contribution in [1.82, 2.24) is 29.7 Å². The van der Waals surface area contributed by atoms with Crippen molar-refractivity contribution in [3.05, 3.63) is 107 Å². The van der Waals surface area contributed by atoms with Gasteiger partial charge in [-0.15, -0.1) is 0 Å². The van der Waals surface area contributed by atoms with Gasteiger partial charge in [-0.05, 0) is 52.3 Å². The fraction of sp³-hybridized carbons (Fsp3) is 0.0606. The second kappa shape index (κ2) is 14.4. The van der Waals surface area contributed by atoms with E-state index in [1.54, 1.807) is 22.8 Å². The highest BCUT2D eigenvalue weighted by molar-refractivity contribution is 9.10. The first-order valence-corrected chi connectivity index (χ1v) is 14.9. The van der Waals surface area contributed by atoms with E-state index in [9.17, 15) is 34.7 Å². The molecule has 16 heteroatoms. The largest absolute Gasteiger partial charge is 0.505 e. The number of halogens is 1. The van der Waals surface area contributed by atoms with Crippen molar-refractivity contribution < 1.29 is 39.6 Å². The number of para-hydroxylation sites is 2. The van der Waals surface area contributed by atoms with E-state index in [-0.39, 0.29) is 28.2 Å². The minimum Gasteiger partial charge on any atom is -0.505 e. The van der Waals surface area contributed by atoms with E-state index in [4.69, 9.17) is 10.2 Å². The van der Waals surface area contributed by atoms with Gasteiger partial charge in [0, 0.05) is 22.1 Å². The molecule has 0 saturated carbocycles. The van der Waals surface area contributed by atoms with Gasteiger partial charge in [0.15, 0.2) is 22.9 Å². The zero-order valence-electron chi connectivity index (χ0n) is 25.0. The quantitative estimate of drug-likeness (QED) is 0.132. The lowest BCUT2D eigenvalue weighted by atomic mass is 10.2. The Bertz CT molecular complexity index is 2280. The van der Waals surface area contributed by atoms with Crippen molar-refractivity contribution in [2.24, 2.45) is 0 Å². The number of amides is 2. The minimum atomic E-state index is -1.21. The molecule has 0 radical (unpaired) electrons. The van der Waals surface area contributed by atoms with E-state index < -0.39 is 42.6 Å². The topological polar surface area (TPSA) is 233 Å². The molecule has 0 spiro atoms. The van der Waals surface area contributed by atoms with E-state index in [2.05, 4.69) is 36.5 Å². The summed E-state index contributed by atoms with van der Waals surface area (Å²) < 4.78 is 4.13. The van der Waals surface area contributed by atoms with E-state index >= 15 is 0 Å². The molecule has 2 aromatic carbocycles. The van der Waals surface area contributed by atoms with Gasteiger partial charge in [-0.25, -0.2) is 9.97 Å². The lowest BCUT2D eigenvalue weighted by Gasteiger charge is -2.08. The highest BCUT2D eigenvalue weighted by Gasteiger charge is 2.22. The van der Waals surface area contributed by atoms with Crippen LogP contribution in [0.25, 0.3) is 33.2 Å². The average Bonchev–Trinajstić information content (AvgIpc) is 3.65. The fourth-order valence-corrected chi connectivity index (χ4v) is 5.49. The number of fused-ring (bicyclic) bond motifs is 2. The smallest absolute Gasteiger partial charge is 0.322 e. The first-order valence-electron chi connectivity index (χ1n) is 14.1. The van der Waals surface area contributed by atoms with Gasteiger partial charge in [0.25, 0.3) is 11.8 Å². The molecule has 6 aromatic rings. The summed E-state index contributed by atoms with van der Waals surface area (Å²) in [5.74, 6) is -4.66. The van der Waals surface area contributed by atoms with Gasteiger partial charge < -0.3 is 35.6 Å². The number of nitrogens with one attached hydrogen (secondary N) is 2. The zero-order valence-corrected chi connectivity index (χ0v) is 26.6. The number of carbonyl (C=O) groups excluding carboxylic acids is 2. The molecule has 4 heterocycles. The Morgan fingerprint density at radius 1 is 0.714 bits per heavy atom. The average molecular weight is 727 g/mol. The third kappa shape index (κ3) is 7.01. The van der Waals surface area contributed by atoms with Gasteiger partial charge in [-0.1, -0.05) is 36.4 Å². The number of aliphatic carboxylic acids is 2. The molecular formula is C33H24BrN7O8. The number of carboxylic acids is 2. The van der Waals surface area contributed by atoms with Crippen molar-refractivity contribution in [1.29, 1.82) is 5.26 Å². The molecule has 0 atom stereocenters. The van der Waals surface area contributed by atoms with Gasteiger partial charge in [0.05, 0.1) is 28.0 Å². The van der Waals surface area contributed by atoms with Gasteiger partial charge >= 0.3 is 11.9 Å². The van der Waals surface area contributed by atoms with Crippen LogP contribution in [0.4, 0.5) is 0 Å². The van der Waals surface area contributed by atoms with Gasteiger partial charge in [0.2, 0.25) is 0 Å². The lowest BCUT2D eigenvalue weighted by molar-refractivity contribution is -0.136. The van der Waals surface area contributed by atoms with Crippen LogP contribution in [0.5, 0.6) is 11.5 Å². The maximum Gasteiger partial charge on any atom is 0.322 e. The van der Waals surface area contributed by atoms with E-state index in [1.165, 1.54) is 18.5 Å². The van der Waals surface area contributed by atoms with Crippen LogP contribution in [0.3, 0.4) is 0 Å². The highest BCUT2D eigenvalue weighted by atomic mass is 79.9. The normalized spacial score (nSPS) is 10.5. The number of pyridine rings is 2. The van der Waals surface area contributed by atoms with Crippen molar-refractivity contribution in [3.63, 3.8) is 0 Å². The van der Waals surface area contributed by atoms with Gasteiger partial charge in [-0.2, -0.15) is 5.26 Å². The number of nitriles is 1. The highest BCUT2D eigenvalue weighted by Crippen LogP contribution is 2.35. The molecule has 0 bridgehead atoms. The number of hydrogen-bond acceptors (Lipinski definition) is 9. The monoisotopic (exact) mass is 725 g/mol. The van der Waals surface area contributed by atoms with Crippen LogP contribution < -0.4 is 10.6 Å². The van der Waals surface area contributed by atoms with Crippen LogP contribution in [0.1, 0.15) is 26.7 Å². The number of hydrogen-bond donors (Lipinski definition) is 6. The number of carbonyl (C=O) groups is 4. The summed E-state index contributed by atoms with van der Waals surface area (Å²) >= 11 is 3.44. The maximum atomic E-state index is 12.0. The van der Waals surface area contributed by atoms with Gasteiger partial charge in [0.1, 0.15) is 24.9 Å². The summed E-state index contributed by atoms with van der Waals surface area (Å²) in [7, 11) is 0. The Kier molecular flexibility index (Phi) is 9.85. The molecule has 6 rings (SSSR count). The number of aromatic hydroxyl groups is 2. The lowest BCUT2D eigenvalue weighted by Crippen LogP contribution is -2.29. The summed E-state index contributed by atoms with van der Waals surface area (Å²) in [5.41, 5.74) is 2.38. The standard InChI is InChI=1S/C17H12N4O4.C16H12BrN3O4/c18-7-11-6-12-13(21(11)10-4-2-1-3-5-10)8-19-15(16(12)24)17(25)20-9-14(22)23;17-12-6-10-11(20(12)9-4-2-1-3-5-9)7-18-14(15(10)23)16(24)19-8-13(21)22/h1-6,8,24H,9H2,(H,20,25)(H,22,23);1-7,23H,8H2,(H,19,24)(H,21,22). The number of benzene rings is 2. The number of rotatable bonds is 8. The Balaban J connectivity index is 0.000000191. The molecule has 0 aliphatic rings. The van der Waals surface area contributed by atoms with Crippen molar-refractivity contribution in [2.45, 2.75) is 0 Å². The molecule has 0 unspecified atom stereocenters. The third-order valence-electron chi connectivity index (χ3n) is 7.00. The van der Waals surface area contributed by atoms with Crippen LogP contribution in [0, 0.1) is 11.3 Å². The van der Waals surface area contributed by atoms with Crippen molar-refractivity contribution in [2.75, 3.05) is 13.1 Å². The Hall–Kier alpha value is -6.73. The molecule has 0 aliphatic carbocycles. The molecule has 0 aliphatic heterocycles. The summed E-state index contributed by atoms with van der Waals surface area (Å²) in [5, 5.41) is 52.4. The van der Waals surface area contributed by atoms with E-state index in [1.807, 2.05) is 59.2 Å². The zero-order chi connectivity index (χ0) is 35.2. The predicted octanol–water partition coefficient (Wildman–Crippen LogP) is 3.73. The summed E-state index contributed by atoms with van der Waals surface area (Å²) in [6, 6.07) is 23.7. The number of nitrogens with zero attached hydrogens (tertiary/aromatic N) is 5. The molecule has 15 nitrogen and oxygen atoms in total. The van der Waals surface area contributed by atoms with Crippen LogP contribution >= 0.6 is 15.9 Å². The Morgan fingerprint density at radius 3 is 1.59 bits per heavy atom. The molecule has 0 fully saturated rings. The molecule has 49 heavy (non-hydrogen) atoms. The SMILES string of the molecule is N#Cc1cc2c(O)c(C(=O)NCC(=O)O)ncc2n1-c1ccccc1.O=C(O)CNC(=O)c1ncc2c(cc(Br)n2-c2ccccc2)c1O. The van der Waals surface area contributed by atoms with Crippen LogP contribution in [0.2, 0.25) is 0 Å². The second-order valence-electron chi connectivity index (χ2n) is 10.1. The molecule has 6 N–H and O–H groups in total. The fourth-order valence-electron chi connectivity index (χ4n) is 4.87. The van der Waals surface area contributed by atoms with E-state index in [0.29, 0.717) is 26.7 Å². The molecule has 246 valence electrons. The van der Waals surface area contributed by atoms with Crippen molar-refractivity contribution >= 4 is 61.5 Å². The first-order chi connectivity index (χ1) is 23.5. The van der Waals surface area contributed by atoms with Gasteiger partial charge in [-0.3, -0.25) is 23.7 Å². The van der Waals surface area contributed by atoms with Crippen LogP contribution in [0.15, 0.2) is 89.8 Å². The summed E-state index contributed by atoms with van der Waals surface area (Å²) in [6.45, 7) is -1.14. The maximum absolute atomic E-state index is 12.0. The third-order valence-corrected chi connectivity index (χ3v) is 7.58. The predicted molar refractivity (Wildman–Crippen MR) is 178 cm³/mol. The Labute approximate surface area is 284 Å². The Morgan fingerprint density at radius 2 is 1.14 bits per heavy atom. The van der Waals surface area contributed by atoms with E-state index in [0.717, 1.165) is 5.69 Å². The molecule has 2 amide bonds. The molecular weight excluding hydrogens is 702 g/mol. The van der Waals surface area contributed by atoms with Crippen LogP contribution in [-0.4, -0.2) is 76.4 Å². The molecule has 4 aromatic heterocycles. The summed E-state index contributed by atoms with van der Waals surface area (Å²) in [4.78, 5) is 52.9. The first kappa shape index (κ1) is 33.6. The number of carboxylic acid groups (broad SMARTS) is 2.